The van der Waals surface area contributed by atoms with Crippen LogP contribution in [0.25, 0.3) is 0 Å². The van der Waals surface area contributed by atoms with Gasteiger partial charge in [0.25, 0.3) is 0 Å². The molecule has 1 aliphatic heterocycles. The Morgan fingerprint density at radius 2 is 1.92 bits per heavy atom. The minimum atomic E-state index is -0.159. The summed E-state index contributed by atoms with van der Waals surface area (Å²) in [4.78, 5) is 14.7. The summed E-state index contributed by atoms with van der Waals surface area (Å²) in [5.74, 6) is 2.17. The van der Waals surface area contributed by atoms with Crippen LogP contribution in [-0.4, -0.2) is 40.5 Å². The van der Waals surface area contributed by atoms with Crippen LogP contribution in [0.4, 0.5) is 0 Å². The van der Waals surface area contributed by atoms with Crippen molar-refractivity contribution in [2.24, 2.45) is 0 Å². The Hall–Kier alpha value is -1.65. The number of hydrogen-bond donors (Lipinski definition) is 1. The summed E-state index contributed by atoms with van der Waals surface area (Å²) in [6.45, 7) is 1.61. The quantitative estimate of drug-likeness (QED) is 0.889. The number of hydrogen-bond acceptors (Lipinski definition) is 3. The van der Waals surface area contributed by atoms with Gasteiger partial charge in [0.1, 0.15) is 5.75 Å². The van der Waals surface area contributed by atoms with Crippen LogP contribution in [0.3, 0.4) is 0 Å². The van der Waals surface area contributed by atoms with E-state index in [4.69, 9.17) is 11.6 Å². The molecule has 2 aromatic carbocycles. The molecular formula is C19H20ClNO2S. The molecule has 1 aliphatic rings. The van der Waals surface area contributed by atoms with Gasteiger partial charge in [0.15, 0.2) is 0 Å². The molecule has 1 saturated heterocycles. The molecule has 0 aliphatic carbocycles. The average molecular weight is 362 g/mol. The highest BCUT2D eigenvalue weighted by atomic mass is 35.5. The Bertz CT molecular complexity index is 716. The van der Waals surface area contributed by atoms with Crippen molar-refractivity contribution in [1.82, 2.24) is 4.90 Å². The zero-order chi connectivity index (χ0) is 16.9. The van der Waals surface area contributed by atoms with E-state index in [0.717, 1.165) is 35.7 Å². The summed E-state index contributed by atoms with van der Waals surface area (Å²) >= 11 is 8.27. The van der Waals surface area contributed by atoms with E-state index in [1.54, 1.807) is 18.2 Å². The van der Waals surface area contributed by atoms with Crippen LogP contribution < -0.4 is 0 Å². The van der Waals surface area contributed by atoms with Crippen molar-refractivity contribution in [2.75, 3.05) is 24.6 Å². The molecule has 3 rings (SSSR count). The van der Waals surface area contributed by atoms with Gasteiger partial charge in [0.05, 0.1) is 0 Å². The summed E-state index contributed by atoms with van der Waals surface area (Å²) in [5.41, 5.74) is 1.83. The van der Waals surface area contributed by atoms with Crippen LogP contribution in [0.15, 0.2) is 48.5 Å². The SMILES string of the molecule is O=C(CC(c1cccc(O)c1)c1ccccc1Cl)N1CCSCC1. The number of carbonyl (C=O) groups is 1. The first-order valence-electron chi connectivity index (χ1n) is 8.04. The highest BCUT2D eigenvalue weighted by Gasteiger charge is 2.24. The number of thioether (sulfide) groups is 1. The Labute approximate surface area is 151 Å². The van der Waals surface area contributed by atoms with Gasteiger partial charge >= 0.3 is 0 Å². The molecule has 24 heavy (non-hydrogen) atoms. The van der Waals surface area contributed by atoms with E-state index in [2.05, 4.69) is 0 Å². The number of phenolic OH excluding ortho intramolecular Hbond substituents is 1. The normalized spacial score (nSPS) is 16.0. The molecule has 1 heterocycles. The first-order chi connectivity index (χ1) is 11.6. The second-order valence-corrected chi connectivity index (χ2v) is 7.50. The first kappa shape index (κ1) is 17.2. The Balaban J connectivity index is 1.90. The standard InChI is InChI=1S/C19H20ClNO2S/c20-18-7-2-1-6-16(18)17(14-4-3-5-15(22)12-14)13-19(23)21-8-10-24-11-9-21/h1-7,12,17,22H,8-11,13H2. The number of nitrogens with zero attached hydrogens (tertiary/aromatic N) is 1. The van der Waals surface area contributed by atoms with Crippen molar-refractivity contribution >= 4 is 29.3 Å². The third-order valence-electron chi connectivity index (χ3n) is 4.30. The van der Waals surface area contributed by atoms with Gasteiger partial charge in [-0.15, -0.1) is 0 Å². The molecule has 2 aromatic rings. The fraction of sp³-hybridized carbons (Fsp3) is 0.316. The Morgan fingerprint density at radius 1 is 1.17 bits per heavy atom. The van der Waals surface area contributed by atoms with Gasteiger partial charge < -0.3 is 10.0 Å². The highest BCUT2D eigenvalue weighted by molar-refractivity contribution is 7.99. The lowest BCUT2D eigenvalue weighted by atomic mass is 9.88. The van der Waals surface area contributed by atoms with E-state index in [9.17, 15) is 9.90 Å². The second-order valence-electron chi connectivity index (χ2n) is 5.87. The largest absolute Gasteiger partial charge is 0.508 e. The fourth-order valence-corrected chi connectivity index (χ4v) is 4.19. The molecule has 5 heteroatoms. The second kappa shape index (κ2) is 7.95. The molecule has 126 valence electrons. The van der Waals surface area contributed by atoms with Gasteiger partial charge in [0.2, 0.25) is 5.91 Å². The van der Waals surface area contributed by atoms with Crippen LogP contribution in [0, 0.1) is 0 Å². The number of benzene rings is 2. The maximum atomic E-state index is 12.8. The Morgan fingerprint density at radius 3 is 2.62 bits per heavy atom. The van der Waals surface area contributed by atoms with Gasteiger partial charge in [-0.05, 0) is 29.3 Å². The third-order valence-corrected chi connectivity index (χ3v) is 5.58. The molecule has 1 unspecified atom stereocenters. The topological polar surface area (TPSA) is 40.5 Å². The van der Waals surface area contributed by atoms with Crippen LogP contribution in [0.5, 0.6) is 5.75 Å². The molecule has 0 saturated carbocycles. The number of carbonyl (C=O) groups excluding carboxylic acids is 1. The van der Waals surface area contributed by atoms with Gasteiger partial charge in [-0.3, -0.25) is 4.79 Å². The minimum absolute atomic E-state index is 0.142. The molecule has 1 atom stereocenters. The molecule has 0 radical (unpaired) electrons. The number of phenols is 1. The van der Waals surface area contributed by atoms with Crippen LogP contribution in [0.1, 0.15) is 23.5 Å². The predicted octanol–water partition coefficient (Wildman–Crippen LogP) is 4.14. The van der Waals surface area contributed by atoms with Crippen molar-refractivity contribution in [1.29, 1.82) is 0 Å². The van der Waals surface area contributed by atoms with Gasteiger partial charge in [-0.2, -0.15) is 11.8 Å². The molecule has 1 fully saturated rings. The van der Waals surface area contributed by atoms with Crippen molar-refractivity contribution in [3.05, 3.63) is 64.7 Å². The monoisotopic (exact) mass is 361 g/mol. The third kappa shape index (κ3) is 4.05. The molecule has 1 amide bonds. The van der Waals surface area contributed by atoms with Crippen LogP contribution >= 0.6 is 23.4 Å². The van der Waals surface area contributed by atoms with Crippen LogP contribution in [0.2, 0.25) is 5.02 Å². The molecular weight excluding hydrogens is 342 g/mol. The van der Waals surface area contributed by atoms with E-state index in [1.165, 1.54) is 0 Å². The summed E-state index contributed by atoms with van der Waals surface area (Å²) in [6.07, 6.45) is 0.359. The van der Waals surface area contributed by atoms with E-state index in [-0.39, 0.29) is 17.6 Å². The number of halogens is 1. The van der Waals surface area contributed by atoms with E-state index in [0.29, 0.717) is 11.4 Å². The fourth-order valence-electron chi connectivity index (χ4n) is 3.02. The number of amides is 1. The lowest BCUT2D eigenvalue weighted by Crippen LogP contribution is -2.38. The molecule has 0 aromatic heterocycles. The zero-order valence-corrected chi connectivity index (χ0v) is 14.9. The van der Waals surface area contributed by atoms with Crippen molar-refractivity contribution < 1.29 is 9.90 Å². The number of aromatic hydroxyl groups is 1. The molecule has 0 bridgehead atoms. The predicted molar refractivity (Wildman–Crippen MR) is 99.9 cm³/mol. The maximum Gasteiger partial charge on any atom is 0.223 e. The smallest absolute Gasteiger partial charge is 0.223 e. The van der Waals surface area contributed by atoms with Gasteiger partial charge in [-0.1, -0.05) is 41.9 Å². The maximum absolute atomic E-state index is 12.8. The summed E-state index contributed by atoms with van der Waals surface area (Å²) in [5, 5.41) is 10.5. The summed E-state index contributed by atoms with van der Waals surface area (Å²) in [6, 6.07) is 14.7. The minimum Gasteiger partial charge on any atom is -0.508 e. The number of rotatable bonds is 4. The Kier molecular flexibility index (Phi) is 5.69. The van der Waals surface area contributed by atoms with E-state index in [1.807, 2.05) is 47.0 Å². The van der Waals surface area contributed by atoms with Crippen LogP contribution in [-0.2, 0) is 4.79 Å². The first-order valence-corrected chi connectivity index (χ1v) is 9.57. The lowest BCUT2D eigenvalue weighted by Gasteiger charge is -2.29. The molecule has 3 nitrogen and oxygen atoms in total. The van der Waals surface area contributed by atoms with E-state index < -0.39 is 0 Å². The average Bonchev–Trinajstić information content (AvgIpc) is 2.61. The van der Waals surface area contributed by atoms with Gasteiger partial charge in [0, 0.05) is 42.0 Å². The zero-order valence-electron chi connectivity index (χ0n) is 13.3. The van der Waals surface area contributed by atoms with Crippen molar-refractivity contribution in [3.8, 4) is 5.75 Å². The van der Waals surface area contributed by atoms with Crippen molar-refractivity contribution in [3.63, 3.8) is 0 Å². The highest BCUT2D eigenvalue weighted by Crippen LogP contribution is 2.34. The van der Waals surface area contributed by atoms with Crippen molar-refractivity contribution in [2.45, 2.75) is 12.3 Å². The summed E-state index contributed by atoms with van der Waals surface area (Å²) < 4.78 is 0. The van der Waals surface area contributed by atoms with E-state index >= 15 is 0 Å². The van der Waals surface area contributed by atoms with Gasteiger partial charge in [-0.25, -0.2) is 0 Å². The summed E-state index contributed by atoms with van der Waals surface area (Å²) in [7, 11) is 0. The molecule has 0 spiro atoms. The molecule has 1 N–H and O–H groups in total. The lowest BCUT2D eigenvalue weighted by molar-refractivity contribution is -0.131.